The molecule has 4 aromatic rings. The number of fused-ring (bicyclic) bond motifs is 1. The third-order valence-corrected chi connectivity index (χ3v) is 4.60. The van der Waals surface area contributed by atoms with Crippen molar-refractivity contribution < 1.29 is 6.17 Å². The summed E-state index contributed by atoms with van der Waals surface area (Å²) in [5.41, 5.74) is 3.29. The van der Waals surface area contributed by atoms with Crippen molar-refractivity contribution in [2.75, 3.05) is 5.32 Å². The Morgan fingerprint density at radius 1 is 1.15 bits per heavy atom. The molecule has 2 aromatic carbocycles. The summed E-state index contributed by atoms with van der Waals surface area (Å²) in [6.07, 6.45) is 2.99. The van der Waals surface area contributed by atoms with Gasteiger partial charge in [0.15, 0.2) is 0 Å². The van der Waals surface area contributed by atoms with Crippen LogP contribution in [-0.2, 0) is 0 Å². The van der Waals surface area contributed by atoms with Crippen LogP contribution < -0.4 is 5.32 Å². The van der Waals surface area contributed by atoms with E-state index in [0.717, 1.165) is 11.3 Å². The van der Waals surface area contributed by atoms with Crippen molar-refractivity contribution >= 4 is 39.9 Å². The molecular formula is C20H15ClN4O. The smallest absolute Gasteiger partial charge is 0.265 e. The molecule has 5 nitrogen and oxygen atoms in total. The number of carbonyl (C=O) groups excluding carboxylic acids is 1. The Morgan fingerprint density at radius 3 is 2.85 bits per heavy atom. The largest absolute Gasteiger partial charge is 0.355 e. The Labute approximate surface area is 156 Å². The second kappa shape index (κ2) is 6.61. The number of anilines is 2. The van der Waals surface area contributed by atoms with Gasteiger partial charge in [0.25, 0.3) is 5.91 Å². The molecule has 128 valence electrons. The fourth-order valence-corrected chi connectivity index (χ4v) is 2.96. The van der Waals surface area contributed by atoms with E-state index in [2.05, 4.69) is 15.3 Å². The molecule has 0 saturated heterocycles. The number of halogens is 1. The van der Waals surface area contributed by atoms with E-state index in [1.807, 2.05) is 37.3 Å². The van der Waals surface area contributed by atoms with Gasteiger partial charge in [0.2, 0.25) is 0 Å². The van der Waals surface area contributed by atoms with Gasteiger partial charge in [0.05, 0.1) is 12.6 Å². The van der Waals surface area contributed by atoms with E-state index in [0.29, 0.717) is 27.3 Å². The Balaban J connectivity index is 1.77. The number of para-hydroxylation sites is 1. The lowest BCUT2D eigenvalue weighted by Crippen LogP contribution is -2.13. The quantitative estimate of drug-likeness (QED) is 0.566. The number of hydrogen-bond acceptors (Lipinski definition) is 4. The van der Waals surface area contributed by atoms with E-state index in [1.54, 1.807) is 24.4 Å². The molecule has 2 heterocycles. The fraction of sp³-hybridized carbons (Fsp3) is 0.0500. The molecule has 0 radical (unpaired) electrons. The van der Waals surface area contributed by atoms with Crippen molar-refractivity contribution in [3.63, 3.8) is 0 Å². The first-order valence-electron chi connectivity index (χ1n) is 8.51. The molecule has 6 heteroatoms. The Kier molecular flexibility index (Phi) is 3.84. The minimum absolute atomic E-state index is 0.0903. The van der Waals surface area contributed by atoms with Crippen molar-refractivity contribution in [2.45, 2.75) is 6.92 Å². The molecule has 26 heavy (non-hydrogen) atoms. The number of carbonyl (C=O) groups is 1. The maximum Gasteiger partial charge on any atom is 0.265 e. The molecule has 0 atom stereocenters. The number of rotatable bonds is 3. The zero-order chi connectivity index (χ0) is 19.0. The van der Waals surface area contributed by atoms with Gasteiger partial charge < -0.3 is 5.32 Å². The molecule has 0 bridgehead atoms. The van der Waals surface area contributed by atoms with Gasteiger partial charge in [0.1, 0.15) is 12.0 Å². The van der Waals surface area contributed by atoms with Crippen LogP contribution in [0.3, 0.4) is 0 Å². The minimum atomic E-state index is -0.245. The summed E-state index contributed by atoms with van der Waals surface area (Å²) in [4.78, 5) is 21.2. The summed E-state index contributed by atoms with van der Waals surface area (Å²) < 4.78 is 9.29. The van der Waals surface area contributed by atoms with Gasteiger partial charge in [-0.15, -0.1) is 0 Å². The van der Waals surface area contributed by atoms with Crippen LogP contribution >= 0.6 is 11.6 Å². The summed E-state index contributed by atoms with van der Waals surface area (Å²) in [5.74, 6) is -0.245. The molecule has 0 spiro atoms. The number of aromatic nitrogens is 3. The second-order valence-corrected chi connectivity index (χ2v) is 6.20. The molecule has 0 saturated carbocycles. The Hall–Kier alpha value is -3.18. The van der Waals surface area contributed by atoms with Crippen LogP contribution in [0, 0.1) is 6.92 Å². The van der Waals surface area contributed by atoms with E-state index >= 15 is 0 Å². The molecule has 0 aliphatic rings. The lowest BCUT2D eigenvalue weighted by Gasteiger charge is -2.14. The molecular weight excluding hydrogens is 348 g/mol. The predicted molar refractivity (Wildman–Crippen MR) is 103 cm³/mol. The maximum atomic E-state index is 13.2. The first-order valence-corrected chi connectivity index (χ1v) is 8.38. The Morgan fingerprint density at radius 2 is 1.96 bits per heavy atom. The summed E-state index contributed by atoms with van der Waals surface area (Å²) in [6.45, 7) is 1.92. The van der Waals surface area contributed by atoms with E-state index in [4.69, 9.17) is 13.0 Å². The first kappa shape index (κ1) is 15.1. The number of hydrogen-bond donors (Lipinski definition) is 1. The zero-order valence-corrected chi connectivity index (χ0v) is 14.7. The molecule has 2 aromatic heterocycles. The lowest BCUT2D eigenvalue weighted by atomic mass is 10.1. The van der Waals surface area contributed by atoms with Crippen LogP contribution in [-0.4, -0.2) is 20.4 Å². The molecule has 0 aliphatic heterocycles. The topological polar surface area (TPSA) is 59.8 Å². The van der Waals surface area contributed by atoms with Gasteiger partial charge in [-0.3, -0.25) is 9.36 Å². The maximum absolute atomic E-state index is 13.2. The van der Waals surface area contributed by atoms with Crippen LogP contribution in [0.4, 0.5) is 11.4 Å². The SMILES string of the molecule is [2H]c1ncnc2c1ccn2C(=O)c1ccccc1Nc1cccc(Cl)c1C. The van der Waals surface area contributed by atoms with Crippen LogP contribution in [0.2, 0.25) is 5.02 Å². The van der Waals surface area contributed by atoms with Gasteiger partial charge in [-0.2, -0.15) is 0 Å². The highest BCUT2D eigenvalue weighted by Gasteiger charge is 2.16. The van der Waals surface area contributed by atoms with Crippen molar-refractivity contribution in [1.82, 2.24) is 14.5 Å². The molecule has 4 rings (SSSR count). The highest BCUT2D eigenvalue weighted by molar-refractivity contribution is 6.31. The van der Waals surface area contributed by atoms with Gasteiger partial charge in [-0.05, 0) is 42.8 Å². The van der Waals surface area contributed by atoms with E-state index in [1.165, 1.54) is 10.9 Å². The average molecular weight is 364 g/mol. The van der Waals surface area contributed by atoms with Gasteiger partial charge in [-0.1, -0.05) is 29.8 Å². The summed E-state index contributed by atoms with van der Waals surface area (Å²) in [6, 6.07) is 14.5. The van der Waals surface area contributed by atoms with Gasteiger partial charge in [-0.25, -0.2) is 9.97 Å². The van der Waals surface area contributed by atoms with E-state index < -0.39 is 0 Å². The van der Waals surface area contributed by atoms with Crippen molar-refractivity contribution in [2.24, 2.45) is 0 Å². The van der Waals surface area contributed by atoms with Gasteiger partial charge >= 0.3 is 0 Å². The van der Waals surface area contributed by atoms with Crippen LogP contribution in [0.5, 0.6) is 0 Å². The molecule has 0 aliphatic carbocycles. The van der Waals surface area contributed by atoms with Crippen molar-refractivity contribution in [3.05, 3.63) is 83.4 Å². The minimum Gasteiger partial charge on any atom is -0.355 e. The molecule has 0 unspecified atom stereocenters. The van der Waals surface area contributed by atoms with Crippen LogP contribution in [0.15, 0.2) is 67.2 Å². The van der Waals surface area contributed by atoms with E-state index in [9.17, 15) is 4.79 Å². The second-order valence-electron chi connectivity index (χ2n) is 5.80. The number of nitrogens with one attached hydrogen (secondary N) is 1. The predicted octanol–water partition coefficient (Wildman–Crippen LogP) is 4.83. The summed E-state index contributed by atoms with van der Waals surface area (Å²) >= 11 is 6.20. The Bertz CT molecular complexity index is 1170. The third kappa shape index (κ3) is 2.82. The third-order valence-electron chi connectivity index (χ3n) is 4.20. The first-order chi connectivity index (χ1) is 13.1. The van der Waals surface area contributed by atoms with Crippen LogP contribution in [0.1, 0.15) is 17.3 Å². The highest BCUT2D eigenvalue weighted by Crippen LogP contribution is 2.28. The highest BCUT2D eigenvalue weighted by atomic mass is 35.5. The lowest BCUT2D eigenvalue weighted by molar-refractivity contribution is 0.0965. The summed E-state index contributed by atoms with van der Waals surface area (Å²) in [5, 5.41) is 4.48. The normalized spacial score (nSPS) is 11.4. The fourth-order valence-electron chi connectivity index (χ4n) is 2.79. The summed E-state index contributed by atoms with van der Waals surface area (Å²) in [7, 11) is 0. The van der Waals surface area contributed by atoms with Crippen LogP contribution in [0.25, 0.3) is 11.0 Å². The monoisotopic (exact) mass is 363 g/mol. The van der Waals surface area contributed by atoms with Crippen molar-refractivity contribution in [1.29, 1.82) is 0 Å². The number of benzene rings is 2. The molecule has 0 amide bonds. The standard InChI is InChI=1S/C20H15ClN4O/c1-13-16(21)6-4-8-17(13)24-18-7-3-2-5-15(18)20(26)25-10-9-14-11-22-12-23-19(14)25/h2-12,24H,1H3/i11D. The zero-order valence-electron chi connectivity index (χ0n) is 14.9. The number of nitrogens with zero attached hydrogens (tertiary/aromatic N) is 3. The average Bonchev–Trinajstić information content (AvgIpc) is 3.11. The molecule has 0 fully saturated rings. The molecule has 1 N–H and O–H groups in total. The van der Waals surface area contributed by atoms with Gasteiger partial charge in [0, 0.05) is 28.5 Å². The van der Waals surface area contributed by atoms with E-state index in [-0.39, 0.29) is 12.1 Å². The van der Waals surface area contributed by atoms with Crippen molar-refractivity contribution in [3.8, 4) is 0 Å².